The Labute approximate surface area is 70.3 Å². The van der Waals surface area contributed by atoms with Crippen molar-refractivity contribution in [2.45, 2.75) is 6.42 Å². The number of carboxylic acid groups (broad SMARTS) is 1. The minimum Gasteiger partial charge on any atom is -0.495 e. The van der Waals surface area contributed by atoms with Crippen molar-refractivity contribution in [1.82, 2.24) is 0 Å². The SMILES string of the molecule is COC1=CC(C(=O)O)CC=C1N. The number of allylic oxidation sites excluding steroid dienone is 1. The van der Waals surface area contributed by atoms with Crippen LogP contribution >= 0.6 is 0 Å². The first kappa shape index (κ1) is 8.64. The third-order valence-corrected chi connectivity index (χ3v) is 1.77. The Morgan fingerprint density at radius 3 is 3.00 bits per heavy atom. The Morgan fingerprint density at radius 1 is 1.83 bits per heavy atom. The lowest BCUT2D eigenvalue weighted by atomic mass is 9.99. The van der Waals surface area contributed by atoms with Crippen LogP contribution in [0, 0.1) is 5.92 Å². The van der Waals surface area contributed by atoms with Crippen molar-refractivity contribution in [3.63, 3.8) is 0 Å². The second kappa shape index (κ2) is 3.30. The molecule has 66 valence electrons. The highest BCUT2D eigenvalue weighted by Crippen LogP contribution is 2.20. The maximum atomic E-state index is 10.6. The molecule has 0 aromatic heterocycles. The van der Waals surface area contributed by atoms with Crippen LogP contribution in [-0.4, -0.2) is 18.2 Å². The average Bonchev–Trinajstić information content (AvgIpc) is 2.05. The van der Waals surface area contributed by atoms with Gasteiger partial charge in [0.25, 0.3) is 0 Å². The third-order valence-electron chi connectivity index (χ3n) is 1.77. The molecule has 1 unspecified atom stereocenters. The number of aliphatic carboxylic acids is 1. The molecule has 1 aliphatic carbocycles. The lowest BCUT2D eigenvalue weighted by Crippen LogP contribution is -2.17. The van der Waals surface area contributed by atoms with E-state index in [1.165, 1.54) is 13.2 Å². The van der Waals surface area contributed by atoms with E-state index in [9.17, 15) is 4.79 Å². The highest BCUT2D eigenvalue weighted by molar-refractivity contribution is 5.73. The van der Waals surface area contributed by atoms with Crippen molar-refractivity contribution in [3.8, 4) is 0 Å². The molecule has 0 fully saturated rings. The van der Waals surface area contributed by atoms with Crippen LogP contribution in [0.3, 0.4) is 0 Å². The minimum atomic E-state index is -0.853. The van der Waals surface area contributed by atoms with Crippen molar-refractivity contribution in [2.24, 2.45) is 11.7 Å². The van der Waals surface area contributed by atoms with Gasteiger partial charge in [0.1, 0.15) is 5.76 Å². The first-order chi connectivity index (χ1) is 5.65. The van der Waals surface area contributed by atoms with Gasteiger partial charge in [0, 0.05) is 0 Å². The van der Waals surface area contributed by atoms with Crippen molar-refractivity contribution in [1.29, 1.82) is 0 Å². The second-order valence-corrected chi connectivity index (χ2v) is 2.57. The predicted octanol–water partition coefficient (Wildman–Crippen LogP) is 0.464. The van der Waals surface area contributed by atoms with Crippen LogP contribution < -0.4 is 5.73 Å². The standard InChI is InChI=1S/C8H11NO3/c1-12-7-4-5(8(10)11)2-3-6(7)9/h3-5H,2,9H2,1H3,(H,10,11). The normalized spacial score (nSPS) is 22.6. The van der Waals surface area contributed by atoms with Gasteiger partial charge in [0.2, 0.25) is 0 Å². The molecule has 1 rings (SSSR count). The van der Waals surface area contributed by atoms with Crippen molar-refractivity contribution in [2.75, 3.05) is 7.11 Å². The topological polar surface area (TPSA) is 72.5 Å². The number of ether oxygens (including phenoxy) is 1. The van der Waals surface area contributed by atoms with E-state index in [0.29, 0.717) is 17.9 Å². The predicted molar refractivity (Wildman–Crippen MR) is 43.1 cm³/mol. The van der Waals surface area contributed by atoms with Gasteiger partial charge in [-0.2, -0.15) is 0 Å². The van der Waals surface area contributed by atoms with E-state index in [0.717, 1.165) is 0 Å². The molecule has 0 saturated carbocycles. The number of nitrogens with two attached hydrogens (primary N) is 1. The zero-order chi connectivity index (χ0) is 9.14. The van der Waals surface area contributed by atoms with E-state index >= 15 is 0 Å². The number of methoxy groups -OCH3 is 1. The quantitative estimate of drug-likeness (QED) is 0.630. The summed E-state index contributed by atoms with van der Waals surface area (Å²) in [6.07, 6.45) is 3.63. The smallest absolute Gasteiger partial charge is 0.310 e. The fourth-order valence-electron chi connectivity index (χ4n) is 1.06. The van der Waals surface area contributed by atoms with Gasteiger partial charge in [-0.3, -0.25) is 4.79 Å². The van der Waals surface area contributed by atoms with Gasteiger partial charge in [0.05, 0.1) is 18.7 Å². The van der Waals surface area contributed by atoms with Gasteiger partial charge in [-0.1, -0.05) is 6.08 Å². The molecule has 0 heterocycles. The molecular weight excluding hydrogens is 158 g/mol. The molecule has 0 aliphatic heterocycles. The van der Waals surface area contributed by atoms with Crippen LogP contribution in [0.5, 0.6) is 0 Å². The van der Waals surface area contributed by atoms with Gasteiger partial charge in [0.15, 0.2) is 0 Å². The molecule has 1 atom stereocenters. The lowest BCUT2D eigenvalue weighted by molar-refractivity contribution is -0.140. The summed E-state index contributed by atoms with van der Waals surface area (Å²) in [4.78, 5) is 10.6. The van der Waals surface area contributed by atoms with E-state index in [2.05, 4.69) is 0 Å². The maximum absolute atomic E-state index is 10.6. The van der Waals surface area contributed by atoms with E-state index in [1.54, 1.807) is 6.08 Å². The molecule has 0 aromatic rings. The Morgan fingerprint density at radius 2 is 2.50 bits per heavy atom. The molecule has 0 aromatic carbocycles. The Kier molecular flexibility index (Phi) is 2.38. The first-order valence-electron chi connectivity index (χ1n) is 3.59. The van der Waals surface area contributed by atoms with Gasteiger partial charge in [-0.05, 0) is 12.5 Å². The van der Waals surface area contributed by atoms with Crippen LogP contribution in [0.1, 0.15) is 6.42 Å². The summed E-state index contributed by atoms with van der Waals surface area (Å²) in [5, 5.41) is 8.67. The molecule has 1 aliphatic rings. The fourth-order valence-corrected chi connectivity index (χ4v) is 1.06. The van der Waals surface area contributed by atoms with Gasteiger partial charge in [-0.15, -0.1) is 0 Å². The minimum absolute atomic E-state index is 0.439. The highest BCUT2D eigenvalue weighted by Gasteiger charge is 2.19. The van der Waals surface area contributed by atoms with E-state index in [-0.39, 0.29) is 0 Å². The number of carboxylic acids is 1. The molecule has 3 N–H and O–H groups in total. The van der Waals surface area contributed by atoms with Gasteiger partial charge in [-0.25, -0.2) is 0 Å². The van der Waals surface area contributed by atoms with Crippen LogP contribution in [0.2, 0.25) is 0 Å². The molecule has 12 heavy (non-hydrogen) atoms. The third kappa shape index (κ3) is 1.58. The zero-order valence-corrected chi connectivity index (χ0v) is 6.78. The summed E-state index contributed by atoms with van der Waals surface area (Å²) in [6.45, 7) is 0. The number of rotatable bonds is 2. The number of carbonyl (C=O) groups is 1. The molecule has 0 bridgehead atoms. The van der Waals surface area contributed by atoms with Crippen LogP contribution in [0.25, 0.3) is 0 Å². The van der Waals surface area contributed by atoms with E-state index in [4.69, 9.17) is 15.6 Å². The van der Waals surface area contributed by atoms with E-state index in [1.807, 2.05) is 0 Å². The average molecular weight is 169 g/mol. The fraction of sp³-hybridized carbons (Fsp3) is 0.375. The van der Waals surface area contributed by atoms with E-state index < -0.39 is 11.9 Å². The molecule has 0 saturated heterocycles. The molecular formula is C8H11NO3. The maximum Gasteiger partial charge on any atom is 0.310 e. The number of hydrogen-bond donors (Lipinski definition) is 2. The van der Waals surface area contributed by atoms with Crippen LogP contribution in [-0.2, 0) is 9.53 Å². The summed E-state index contributed by atoms with van der Waals surface area (Å²) in [5.41, 5.74) is 6.04. The van der Waals surface area contributed by atoms with Gasteiger partial charge < -0.3 is 15.6 Å². The Hall–Kier alpha value is -1.45. The van der Waals surface area contributed by atoms with Crippen molar-refractivity contribution in [3.05, 3.63) is 23.6 Å². The summed E-state index contributed by atoms with van der Waals surface area (Å²) in [5.74, 6) is -0.908. The highest BCUT2D eigenvalue weighted by atomic mass is 16.5. The lowest BCUT2D eigenvalue weighted by Gasteiger charge is -2.15. The van der Waals surface area contributed by atoms with Gasteiger partial charge >= 0.3 is 5.97 Å². The number of hydrogen-bond acceptors (Lipinski definition) is 3. The molecule has 4 heteroatoms. The second-order valence-electron chi connectivity index (χ2n) is 2.57. The summed E-state index contributed by atoms with van der Waals surface area (Å²) in [7, 11) is 1.47. The van der Waals surface area contributed by atoms with Crippen LogP contribution in [0.4, 0.5) is 0 Å². The van der Waals surface area contributed by atoms with Crippen molar-refractivity contribution < 1.29 is 14.6 Å². The Balaban J connectivity index is 2.80. The first-order valence-corrected chi connectivity index (χ1v) is 3.59. The summed E-state index contributed by atoms with van der Waals surface area (Å²) >= 11 is 0. The zero-order valence-electron chi connectivity index (χ0n) is 6.78. The molecule has 0 spiro atoms. The van der Waals surface area contributed by atoms with Crippen LogP contribution in [0.15, 0.2) is 23.6 Å². The monoisotopic (exact) mass is 169 g/mol. The molecule has 4 nitrogen and oxygen atoms in total. The largest absolute Gasteiger partial charge is 0.495 e. The summed E-state index contributed by atoms with van der Waals surface area (Å²) in [6, 6.07) is 0. The summed E-state index contributed by atoms with van der Waals surface area (Å²) < 4.78 is 4.89. The molecule has 0 radical (unpaired) electrons. The van der Waals surface area contributed by atoms with Crippen molar-refractivity contribution >= 4 is 5.97 Å². The Bertz CT molecular complexity index is 255. The molecule has 0 amide bonds.